The predicted molar refractivity (Wildman–Crippen MR) is 64.9 cm³/mol. The van der Waals surface area contributed by atoms with Crippen molar-refractivity contribution in [3.8, 4) is 0 Å². The van der Waals surface area contributed by atoms with E-state index < -0.39 is 0 Å². The molecule has 0 aromatic carbocycles. The van der Waals surface area contributed by atoms with Crippen molar-refractivity contribution in [2.24, 2.45) is 5.92 Å². The van der Waals surface area contributed by atoms with Gasteiger partial charge in [-0.05, 0) is 50.2 Å². The Morgan fingerprint density at radius 1 is 1.12 bits per heavy atom. The molecule has 1 aliphatic heterocycles. The first-order valence-electron chi connectivity index (χ1n) is 6.69. The van der Waals surface area contributed by atoms with Crippen molar-refractivity contribution >= 4 is 0 Å². The Kier molecular flexibility index (Phi) is 2.90. The summed E-state index contributed by atoms with van der Waals surface area (Å²) in [6.07, 6.45) is 12.2. The fraction of sp³-hybridized carbons (Fsp3) is 0.714. The van der Waals surface area contributed by atoms with Crippen LogP contribution in [-0.4, -0.2) is 24.6 Å². The molecule has 0 N–H and O–H groups in total. The van der Waals surface area contributed by atoms with Gasteiger partial charge < -0.3 is 9.64 Å². The largest absolute Gasteiger partial charge is 0.498 e. The van der Waals surface area contributed by atoms with Gasteiger partial charge in [-0.1, -0.05) is 0 Å². The van der Waals surface area contributed by atoms with Crippen LogP contribution in [0.5, 0.6) is 0 Å². The van der Waals surface area contributed by atoms with E-state index >= 15 is 0 Å². The molecule has 0 amide bonds. The van der Waals surface area contributed by atoms with E-state index in [1.807, 2.05) is 0 Å². The number of nitrogens with zero attached hydrogens (tertiary/aromatic N) is 1. The van der Waals surface area contributed by atoms with Crippen LogP contribution in [0.4, 0.5) is 0 Å². The van der Waals surface area contributed by atoms with E-state index in [2.05, 4.69) is 17.1 Å². The molecule has 88 valence electrons. The average molecular weight is 219 g/mol. The van der Waals surface area contributed by atoms with Gasteiger partial charge in [0.1, 0.15) is 0 Å². The molecule has 0 bridgehead atoms. The van der Waals surface area contributed by atoms with Crippen LogP contribution in [0.15, 0.2) is 23.6 Å². The average Bonchev–Trinajstić information content (AvgIpc) is 3.00. The highest BCUT2D eigenvalue weighted by Crippen LogP contribution is 2.31. The summed E-state index contributed by atoms with van der Waals surface area (Å²) in [6, 6.07) is 0. The van der Waals surface area contributed by atoms with E-state index in [1.54, 1.807) is 0 Å². The lowest BCUT2D eigenvalue weighted by atomic mass is 10.1. The molecule has 1 heterocycles. The number of ether oxygens (including phenoxy) is 1. The maximum absolute atomic E-state index is 5.82. The molecule has 0 aromatic heterocycles. The molecule has 16 heavy (non-hydrogen) atoms. The molecule has 0 atom stereocenters. The Bertz CT molecular complexity index is 309. The Labute approximate surface area is 98.0 Å². The van der Waals surface area contributed by atoms with Gasteiger partial charge in [0.25, 0.3) is 0 Å². The molecule has 0 spiro atoms. The normalized spacial score (nSPS) is 25.4. The molecule has 3 rings (SSSR count). The minimum absolute atomic E-state index is 0.866. The SMILES string of the molecule is C1=C(OCC2CC2)CCC(N2CCCC2)=C1. The Morgan fingerprint density at radius 3 is 2.56 bits per heavy atom. The molecule has 2 aliphatic carbocycles. The fourth-order valence-corrected chi connectivity index (χ4v) is 2.50. The first-order valence-corrected chi connectivity index (χ1v) is 6.69. The van der Waals surface area contributed by atoms with Gasteiger partial charge in [0.05, 0.1) is 12.4 Å². The highest BCUT2D eigenvalue weighted by Gasteiger charge is 2.23. The molecule has 3 aliphatic rings. The van der Waals surface area contributed by atoms with Crippen molar-refractivity contribution in [1.82, 2.24) is 4.90 Å². The summed E-state index contributed by atoms with van der Waals surface area (Å²) < 4.78 is 5.82. The number of hydrogen-bond donors (Lipinski definition) is 0. The van der Waals surface area contributed by atoms with E-state index in [-0.39, 0.29) is 0 Å². The van der Waals surface area contributed by atoms with Crippen LogP contribution in [0.2, 0.25) is 0 Å². The molecule has 0 aromatic rings. The van der Waals surface area contributed by atoms with Crippen molar-refractivity contribution in [3.05, 3.63) is 23.6 Å². The lowest BCUT2D eigenvalue weighted by molar-refractivity contribution is 0.187. The van der Waals surface area contributed by atoms with Gasteiger partial charge >= 0.3 is 0 Å². The van der Waals surface area contributed by atoms with Crippen LogP contribution < -0.4 is 0 Å². The van der Waals surface area contributed by atoms with Gasteiger partial charge in [0.2, 0.25) is 0 Å². The number of hydrogen-bond acceptors (Lipinski definition) is 2. The molecule has 1 saturated heterocycles. The second kappa shape index (κ2) is 4.52. The summed E-state index contributed by atoms with van der Waals surface area (Å²) in [6.45, 7) is 3.48. The van der Waals surface area contributed by atoms with Gasteiger partial charge in [-0.25, -0.2) is 0 Å². The maximum Gasteiger partial charge on any atom is 0.0964 e. The maximum atomic E-state index is 5.82. The number of likely N-dealkylation sites (tertiary alicyclic amines) is 1. The highest BCUT2D eigenvalue weighted by atomic mass is 16.5. The third-order valence-electron chi connectivity index (χ3n) is 3.80. The van der Waals surface area contributed by atoms with E-state index in [0.29, 0.717) is 0 Å². The summed E-state index contributed by atoms with van der Waals surface area (Å²) >= 11 is 0. The van der Waals surface area contributed by atoms with Crippen LogP contribution in [-0.2, 0) is 4.74 Å². The van der Waals surface area contributed by atoms with E-state index in [0.717, 1.165) is 18.9 Å². The van der Waals surface area contributed by atoms with Gasteiger partial charge in [-0.2, -0.15) is 0 Å². The first kappa shape index (κ1) is 10.2. The molecule has 2 heteroatoms. The molecule has 0 unspecified atom stereocenters. The van der Waals surface area contributed by atoms with Crippen molar-refractivity contribution in [1.29, 1.82) is 0 Å². The first-order chi connectivity index (χ1) is 7.92. The third kappa shape index (κ3) is 2.42. The van der Waals surface area contributed by atoms with Gasteiger partial charge in [-0.3, -0.25) is 0 Å². The standard InChI is InChI=1S/C14H21NO/c1-2-10-15(9-1)13-5-7-14(8-6-13)16-11-12-3-4-12/h5,7,12H,1-4,6,8-11H2. The van der Waals surface area contributed by atoms with E-state index in [4.69, 9.17) is 4.74 Å². The van der Waals surface area contributed by atoms with Gasteiger partial charge in [-0.15, -0.1) is 0 Å². The second-order valence-electron chi connectivity index (χ2n) is 5.24. The van der Waals surface area contributed by atoms with Crippen LogP contribution in [0.1, 0.15) is 38.5 Å². The minimum atomic E-state index is 0.866. The molecular weight excluding hydrogens is 198 g/mol. The third-order valence-corrected chi connectivity index (χ3v) is 3.80. The summed E-state index contributed by atoms with van der Waals surface area (Å²) in [5.74, 6) is 2.07. The second-order valence-corrected chi connectivity index (χ2v) is 5.24. The van der Waals surface area contributed by atoms with Gasteiger partial charge in [0.15, 0.2) is 0 Å². The molecule has 1 saturated carbocycles. The topological polar surface area (TPSA) is 12.5 Å². The molecular formula is C14H21NO. The molecule has 0 radical (unpaired) electrons. The monoisotopic (exact) mass is 219 g/mol. The summed E-state index contributed by atoms with van der Waals surface area (Å²) in [5.41, 5.74) is 1.52. The van der Waals surface area contributed by atoms with E-state index in [9.17, 15) is 0 Å². The van der Waals surface area contributed by atoms with Crippen LogP contribution in [0.25, 0.3) is 0 Å². The number of rotatable bonds is 4. The Hall–Kier alpha value is -0.920. The van der Waals surface area contributed by atoms with Gasteiger partial charge in [0, 0.05) is 25.2 Å². The van der Waals surface area contributed by atoms with Crippen LogP contribution >= 0.6 is 0 Å². The van der Waals surface area contributed by atoms with Crippen LogP contribution in [0, 0.1) is 5.92 Å². The zero-order valence-corrected chi connectivity index (χ0v) is 9.95. The summed E-state index contributed by atoms with van der Waals surface area (Å²) in [5, 5.41) is 0. The molecule has 2 fully saturated rings. The summed E-state index contributed by atoms with van der Waals surface area (Å²) in [4.78, 5) is 2.54. The Balaban J connectivity index is 1.53. The number of allylic oxidation sites excluding steroid dienone is 4. The Morgan fingerprint density at radius 2 is 1.94 bits per heavy atom. The molecule has 2 nitrogen and oxygen atoms in total. The lowest BCUT2D eigenvalue weighted by Gasteiger charge is -2.24. The lowest BCUT2D eigenvalue weighted by Crippen LogP contribution is -2.19. The zero-order chi connectivity index (χ0) is 10.8. The van der Waals surface area contributed by atoms with Crippen molar-refractivity contribution in [2.75, 3.05) is 19.7 Å². The van der Waals surface area contributed by atoms with Crippen molar-refractivity contribution in [2.45, 2.75) is 38.5 Å². The summed E-state index contributed by atoms with van der Waals surface area (Å²) in [7, 11) is 0. The van der Waals surface area contributed by atoms with Crippen molar-refractivity contribution < 1.29 is 4.74 Å². The fourth-order valence-electron chi connectivity index (χ4n) is 2.50. The smallest absolute Gasteiger partial charge is 0.0964 e. The zero-order valence-electron chi connectivity index (χ0n) is 9.95. The highest BCUT2D eigenvalue weighted by molar-refractivity contribution is 5.21. The van der Waals surface area contributed by atoms with E-state index in [1.165, 1.54) is 56.6 Å². The minimum Gasteiger partial charge on any atom is -0.498 e. The van der Waals surface area contributed by atoms with Crippen LogP contribution in [0.3, 0.4) is 0 Å². The predicted octanol–water partition coefficient (Wildman–Crippen LogP) is 3.07. The quantitative estimate of drug-likeness (QED) is 0.720. The van der Waals surface area contributed by atoms with Crippen molar-refractivity contribution in [3.63, 3.8) is 0 Å².